The highest BCUT2D eigenvalue weighted by atomic mass is 14.5. The summed E-state index contributed by atoms with van der Waals surface area (Å²) in [6, 6.07) is 0. The van der Waals surface area contributed by atoms with Crippen molar-refractivity contribution >= 4 is 0 Å². The van der Waals surface area contributed by atoms with Crippen molar-refractivity contribution in [1.29, 1.82) is 0 Å². The topological polar surface area (TPSA) is 0 Å². The van der Waals surface area contributed by atoms with Gasteiger partial charge in [0, 0.05) is 5.92 Å². The van der Waals surface area contributed by atoms with Crippen molar-refractivity contribution in [1.82, 2.24) is 0 Å². The summed E-state index contributed by atoms with van der Waals surface area (Å²) >= 11 is 0. The molecule has 0 aromatic heterocycles. The number of allylic oxidation sites excluding steroid dienone is 10. The highest BCUT2D eigenvalue weighted by molar-refractivity contribution is 5.54. The SMILES string of the molecule is CC1(C)C2=C(CCC=C2)C2C3=C(C=CC21)CCC=C3. The summed E-state index contributed by atoms with van der Waals surface area (Å²) in [5.41, 5.74) is 6.90. The standard InChI is InChI=1S/C19H22/c1-19(2)16-10-6-5-9-15(16)18-14-8-4-3-7-13(14)11-12-17(18)19/h4,6,8,10-12,17-18H,3,5,7,9H2,1-2H3. The zero-order chi connectivity index (χ0) is 13.0. The predicted octanol–water partition coefficient (Wildman–Crippen LogP) is 5.12. The molecule has 0 spiro atoms. The summed E-state index contributed by atoms with van der Waals surface area (Å²) in [6.07, 6.45) is 19.5. The number of fused-ring (bicyclic) bond motifs is 3. The molecular formula is C19H22. The summed E-state index contributed by atoms with van der Waals surface area (Å²) in [4.78, 5) is 0. The van der Waals surface area contributed by atoms with Gasteiger partial charge in [0.05, 0.1) is 0 Å². The minimum absolute atomic E-state index is 0.303. The molecule has 0 saturated carbocycles. The first kappa shape index (κ1) is 11.5. The smallest absolute Gasteiger partial charge is 0.0128 e. The fraction of sp³-hybridized carbons (Fsp3) is 0.474. The van der Waals surface area contributed by atoms with Crippen molar-refractivity contribution in [3.05, 3.63) is 58.7 Å². The van der Waals surface area contributed by atoms with E-state index in [9.17, 15) is 0 Å². The largest absolute Gasteiger partial charge is 0.0839 e. The maximum absolute atomic E-state index is 2.51. The van der Waals surface area contributed by atoms with Crippen LogP contribution in [0.5, 0.6) is 0 Å². The highest BCUT2D eigenvalue weighted by Gasteiger charge is 2.48. The molecule has 0 heteroatoms. The lowest BCUT2D eigenvalue weighted by Gasteiger charge is -2.35. The van der Waals surface area contributed by atoms with E-state index in [1.807, 2.05) is 0 Å². The van der Waals surface area contributed by atoms with Crippen LogP contribution in [-0.2, 0) is 0 Å². The summed E-state index contributed by atoms with van der Waals surface area (Å²) in [5, 5.41) is 0. The summed E-state index contributed by atoms with van der Waals surface area (Å²) < 4.78 is 0. The Morgan fingerprint density at radius 3 is 2.68 bits per heavy atom. The molecule has 19 heavy (non-hydrogen) atoms. The molecule has 0 radical (unpaired) electrons. The third-order valence-electron chi connectivity index (χ3n) is 5.56. The van der Waals surface area contributed by atoms with Gasteiger partial charge in [-0.1, -0.05) is 55.9 Å². The van der Waals surface area contributed by atoms with E-state index in [-0.39, 0.29) is 0 Å². The summed E-state index contributed by atoms with van der Waals surface area (Å²) in [6.45, 7) is 4.87. The van der Waals surface area contributed by atoms with E-state index < -0.39 is 0 Å². The average Bonchev–Trinajstić information content (AvgIpc) is 2.68. The first-order valence-corrected chi connectivity index (χ1v) is 7.67. The van der Waals surface area contributed by atoms with Crippen LogP contribution in [-0.4, -0.2) is 0 Å². The molecule has 2 atom stereocenters. The number of hydrogen-bond donors (Lipinski definition) is 0. The van der Waals surface area contributed by atoms with Crippen LogP contribution < -0.4 is 0 Å². The molecule has 2 unspecified atom stereocenters. The molecule has 4 aliphatic carbocycles. The van der Waals surface area contributed by atoms with Gasteiger partial charge in [-0.2, -0.15) is 0 Å². The molecule has 0 amide bonds. The van der Waals surface area contributed by atoms with Crippen LogP contribution in [0.1, 0.15) is 39.5 Å². The normalized spacial score (nSPS) is 34.4. The van der Waals surface area contributed by atoms with E-state index in [4.69, 9.17) is 0 Å². The molecular weight excluding hydrogens is 228 g/mol. The van der Waals surface area contributed by atoms with Gasteiger partial charge in [0.15, 0.2) is 0 Å². The number of rotatable bonds is 0. The van der Waals surface area contributed by atoms with Gasteiger partial charge in [-0.15, -0.1) is 0 Å². The Morgan fingerprint density at radius 2 is 1.79 bits per heavy atom. The average molecular weight is 250 g/mol. The lowest BCUT2D eigenvalue weighted by atomic mass is 9.68. The molecule has 4 aliphatic rings. The van der Waals surface area contributed by atoms with E-state index >= 15 is 0 Å². The minimum atomic E-state index is 0.303. The fourth-order valence-corrected chi connectivity index (χ4v) is 4.58. The van der Waals surface area contributed by atoms with Crippen molar-refractivity contribution in [3.63, 3.8) is 0 Å². The zero-order valence-electron chi connectivity index (χ0n) is 11.9. The van der Waals surface area contributed by atoms with Crippen LogP contribution >= 0.6 is 0 Å². The lowest BCUT2D eigenvalue weighted by Crippen LogP contribution is -2.27. The molecule has 0 aromatic carbocycles. The Hall–Kier alpha value is -1.30. The lowest BCUT2D eigenvalue weighted by molar-refractivity contribution is 0.312. The van der Waals surface area contributed by atoms with Crippen LogP contribution in [0.15, 0.2) is 58.7 Å². The molecule has 98 valence electrons. The Morgan fingerprint density at radius 1 is 1.00 bits per heavy atom. The van der Waals surface area contributed by atoms with E-state index in [0.717, 1.165) is 0 Å². The van der Waals surface area contributed by atoms with Gasteiger partial charge in [0.2, 0.25) is 0 Å². The van der Waals surface area contributed by atoms with E-state index in [1.165, 1.54) is 25.7 Å². The third-order valence-corrected chi connectivity index (χ3v) is 5.56. The fourth-order valence-electron chi connectivity index (χ4n) is 4.58. The second-order valence-electron chi connectivity index (χ2n) is 6.89. The van der Waals surface area contributed by atoms with Gasteiger partial charge in [0.25, 0.3) is 0 Å². The maximum atomic E-state index is 2.51. The van der Waals surface area contributed by atoms with E-state index in [2.05, 4.69) is 50.3 Å². The second-order valence-corrected chi connectivity index (χ2v) is 6.89. The van der Waals surface area contributed by atoms with Crippen LogP contribution in [0.25, 0.3) is 0 Å². The van der Waals surface area contributed by atoms with Gasteiger partial charge in [0.1, 0.15) is 0 Å². The van der Waals surface area contributed by atoms with Crippen LogP contribution in [0.4, 0.5) is 0 Å². The van der Waals surface area contributed by atoms with Crippen molar-refractivity contribution < 1.29 is 0 Å². The third kappa shape index (κ3) is 1.46. The van der Waals surface area contributed by atoms with Crippen molar-refractivity contribution in [2.24, 2.45) is 17.3 Å². The molecule has 0 saturated heterocycles. The van der Waals surface area contributed by atoms with Gasteiger partial charge >= 0.3 is 0 Å². The predicted molar refractivity (Wildman–Crippen MR) is 80.7 cm³/mol. The zero-order valence-corrected chi connectivity index (χ0v) is 11.9. The monoisotopic (exact) mass is 250 g/mol. The Labute approximate surface area is 116 Å². The maximum Gasteiger partial charge on any atom is 0.0128 e. The molecule has 0 bridgehead atoms. The van der Waals surface area contributed by atoms with Gasteiger partial charge in [-0.05, 0) is 53.7 Å². The summed E-state index contributed by atoms with van der Waals surface area (Å²) in [7, 11) is 0. The van der Waals surface area contributed by atoms with Gasteiger partial charge in [-0.25, -0.2) is 0 Å². The van der Waals surface area contributed by atoms with Crippen LogP contribution in [0.3, 0.4) is 0 Å². The molecule has 0 aliphatic heterocycles. The minimum Gasteiger partial charge on any atom is -0.0839 e. The van der Waals surface area contributed by atoms with Gasteiger partial charge < -0.3 is 0 Å². The molecule has 0 heterocycles. The highest BCUT2D eigenvalue weighted by Crippen LogP contribution is 2.58. The van der Waals surface area contributed by atoms with E-state index in [1.54, 1.807) is 22.3 Å². The molecule has 0 fully saturated rings. The van der Waals surface area contributed by atoms with Crippen LogP contribution in [0, 0.1) is 17.3 Å². The molecule has 0 nitrogen and oxygen atoms in total. The van der Waals surface area contributed by atoms with Crippen molar-refractivity contribution in [2.75, 3.05) is 0 Å². The first-order chi connectivity index (χ1) is 9.19. The number of hydrogen-bond acceptors (Lipinski definition) is 0. The van der Waals surface area contributed by atoms with Crippen molar-refractivity contribution in [2.45, 2.75) is 39.5 Å². The molecule has 0 N–H and O–H groups in total. The first-order valence-electron chi connectivity index (χ1n) is 7.67. The Kier molecular flexibility index (Phi) is 2.33. The molecule has 4 rings (SSSR count). The molecule has 0 aromatic rings. The Bertz CT molecular complexity index is 575. The second kappa shape index (κ2) is 3.85. The Balaban J connectivity index is 1.89. The quantitative estimate of drug-likeness (QED) is 0.559. The van der Waals surface area contributed by atoms with Crippen LogP contribution in [0.2, 0.25) is 0 Å². The van der Waals surface area contributed by atoms with Crippen molar-refractivity contribution in [3.8, 4) is 0 Å². The van der Waals surface area contributed by atoms with Gasteiger partial charge in [-0.3, -0.25) is 0 Å². The summed E-state index contributed by atoms with van der Waals surface area (Å²) in [5.74, 6) is 1.34. The van der Waals surface area contributed by atoms with E-state index in [0.29, 0.717) is 17.3 Å².